The van der Waals surface area contributed by atoms with Gasteiger partial charge in [-0.2, -0.15) is 0 Å². The first kappa shape index (κ1) is 15.0. The molecule has 3 rings (SSSR count). The quantitative estimate of drug-likeness (QED) is 0.849. The zero-order valence-corrected chi connectivity index (χ0v) is 12.9. The lowest BCUT2D eigenvalue weighted by Crippen LogP contribution is -2.47. The molecule has 0 spiro atoms. The van der Waals surface area contributed by atoms with Crippen molar-refractivity contribution in [2.24, 2.45) is 0 Å². The van der Waals surface area contributed by atoms with Crippen LogP contribution in [0, 0.1) is 0 Å². The predicted octanol–water partition coefficient (Wildman–Crippen LogP) is 1.63. The summed E-state index contributed by atoms with van der Waals surface area (Å²) in [5.41, 5.74) is 1.07. The van der Waals surface area contributed by atoms with Crippen molar-refractivity contribution >= 4 is 11.8 Å². The minimum Gasteiger partial charge on any atom is -0.341 e. The Hall–Kier alpha value is -1.91. The van der Waals surface area contributed by atoms with Gasteiger partial charge in [0, 0.05) is 38.4 Å². The first-order valence-corrected chi connectivity index (χ1v) is 8.23. The zero-order chi connectivity index (χ0) is 15.4. The van der Waals surface area contributed by atoms with Gasteiger partial charge in [0.05, 0.1) is 0 Å². The maximum absolute atomic E-state index is 12.6. The molecule has 2 aliphatic rings. The van der Waals surface area contributed by atoms with Crippen LogP contribution in [-0.2, 0) is 16.0 Å². The molecule has 1 aromatic rings. The van der Waals surface area contributed by atoms with Crippen LogP contribution in [0.25, 0.3) is 0 Å². The second-order valence-electron chi connectivity index (χ2n) is 6.14. The maximum atomic E-state index is 12.6. The van der Waals surface area contributed by atoms with Gasteiger partial charge >= 0.3 is 0 Å². The number of hydrogen-bond donors (Lipinski definition) is 0. The molecule has 5 nitrogen and oxygen atoms in total. The Kier molecular flexibility index (Phi) is 4.71. The SMILES string of the molecule is O=C([C@@H]1CCCN1C(=O)CCc1cccnc1)N1CCCC1. The van der Waals surface area contributed by atoms with Crippen LogP contribution in [0.4, 0.5) is 0 Å². The second kappa shape index (κ2) is 6.90. The molecule has 22 heavy (non-hydrogen) atoms. The number of pyridine rings is 1. The van der Waals surface area contributed by atoms with Crippen molar-refractivity contribution in [2.45, 2.75) is 44.6 Å². The van der Waals surface area contributed by atoms with Crippen molar-refractivity contribution in [3.8, 4) is 0 Å². The Balaban J connectivity index is 1.57. The summed E-state index contributed by atoms with van der Waals surface area (Å²) >= 11 is 0. The fourth-order valence-electron chi connectivity index (χ4n) is 3.41. The summed E-state index contributed by atoms with van der Waals surface area (Å²) in [6.45, 7) is 2.43. The smallest absolute Gasteiger partial charge is 0.245 e. The van der Waals surface area contributed by atoms with Crippen molar-refractivity contribution < 1.29 is 9.59 Å². The standard InChI is InChI=1S/C17H23N3O2/c21-16(8-7-14-5-3-9-18-13-14)20-12-4-6-15(20)17(22)19-10-1-2-11-19/h3,5,9,13,15H,1-2,4,6-8,10-12H2/t15-/m0/s1. The Labute approximate surface area is 131 Å². The predicted molar refractivity (Wildman–Crippen MR) is 83.1 cm³/mol. The van der Waals surface area contributed by atoms with Crippen LogP contribution < -0.4 is 0 Å². The summed E-state index contributed by atoms with van der Waals surface area (Å²) in [4.78, 5) is 32.8. The third-order valence-electron chi connectivity index (χ3n) is 4.63. The topological polar surface area (TPSA) is 53.5 Å². The Morgan fingerprint density at radius 1 is 1.18 bits per heavy atom. The van der Waals surface area contributed by atoms with Crippen LogP contribution in [0.5, 0.6) is 0 Å². The number of carbonyl (C=O) groups excluding carboxylic acids is 2. The van der Waals surface area contributed by atoms with Gasteiger partial charge in [-0.05, 0) is 43.7 Å². The molecule has 0 saturated carbocycles. The van der Waals surface area contributed by atoms with Crippen molar-refractivity contribution in [3.05, 3.63) is 30.1 Å². The van der Waals surface area contributed by atoms with Crippen molar-refractivity contribution in [2.75, 3.05) is 19.6 Å². The van der Waals surface area contributed by atoms with Crippen molar-refractivity contribution in [3.63, 3.8) is 0 Å². The molecule has 1 atom stereocenters. The van der Waals surface area contributed by atoms with Gasteiger partial charge in [-0.25, -0.2) is 0 Å². The number of likely N-dealkylation sites (tertiary alicyclic amines) is 2. The van der Waals surface area contributed by atoms with E-state index in [4.69, 9.17) is 0 Å². The molecule has 5 heteroatoms. The minimum absolute atomic E-state index is 0.0962. The maximum Gasteiger partial charge on any atom is 0.245 e. The highest BCUT2D eigenvalue weighted by Gasteiger charge is 2.36. The van der Waals surface area contributed by atoms with Gasteiger partial charge in [-0.3, -0.25) is 14.6 Å². The number of hydrogen-bond acceptors (Lipinski definition) is 3. The van der Waals surface area contributed by atoms with E-state index in [1.165, 1.54) is 0 Å². The third-order valence-corrected chi connectivity index (χ3v) is 4.63. The summed E-state index contributed by atoms with van der Waals surface area (Å²) in [7, 11) is 0. The van der Waals surface area contributed by atoms with Crippen LogP contribution in [0.3, 0.4) is 0 Å². The van der Waals surface area contributed by atoms with Gasteiger partial charge in [-0.1, -0.05) is 6.07 Å². The highest BCUT2D eigenvalue weighted by atomic mass is 16.2. The van der Waals surface area contributed by atoms with E-state index >= 15 is 0 Å². The van der Waals surface area contributed by atoms with Crippen LogP contribution in [0.1, 0.15) is 37.7 Å². The van der Waals surface area contributed by atoms with E-state index in [9.17, 15) is 9.59 Å². The molecule has 0 bridgehead atoms. The average Bonchev–Trinajstić information content (AvgIpc) is 3.24. The number of amides is 2. The molecule has 0 aliphatic carbocycles. The van der Waals surface area contributed by atoms with E-state index in [1.807, 2.05) is 17.0 Å². The molecule has 0 unspecified atom stereocenters. The minimum atomic E-state index is -0.223. The van der Waals surface area contributed by atoms with Gasteiger partial charge in [0.25, 0.3) is 0 Å². The van der Waals surface area contributed by atoms with E-state index in [-0.39, 0.29) is 17.9 Å². The lowest BCUT2D eigenvalue weighted by molar-refractivity contribution is -0.143. The number of aromatic nitrogens is 1. The molecule has 1 aromatic heterocycles. The first-order chi connectivity index (χ1) is 10.8. The van der Waals surface area contributed by atoms with Gasteiger partial charge in [-0.15, -0.1) is 0 Å². The molecule has 118 valence electrons. The summed E-state index contributed by atoms with van der Waals surface area (Å²) < 4.78 is 0. The van der Waals surface area contributed by atoms with E-state index in [1.54, 1.807) is 17.3 Å². The highest BCUT2D eigenvalue weighted by molar-refractivity contribution is 5.88. The Morgan fingerprint density at radius 3 is 2.73 bits per heavy atom. The number of aryl methyl sites for hydroxylation is 1. The summed E-state index contributed by atoms with van der Waals surface area (Å²) in [6.07, 6.45) is 8.60. The normalized spacial score (nSPS) is 21.4. The van der Waals surface area contributed by atoms with Crippen molar-refractivity contribution in [1.29, 1.82) is 0 Å². The molecule has 0 aromatic carbocycles. The molecule has 2 fully saturated rings. The fourth-order valence-corrected chi connectivity index (χ4v) is 3.41. The molecule has 0 radical (unpaired) electrons. The monoisotopic (exact) mass is 301 g/mol. The largest absolute Gasteiger partial charge is 0.341 e. The lowest BCUT2D eigenvalue weighted by atomic mass is 10.1. The highest BCUT2D eigenvalue weighted by Crippen LogP contribution is 2.22. The van der Waals surface area contributed by atoms with Crippen LogP contribution in [0.15, 0.2) is 24.5 Å². The number of nitrogens with zero attached hydrogens (tertiary/aromatic N) is 3. The Morgan fingerprint density at radius 2 is 2.00 bits per heavy atom. The molecule has 2 amide bonds. The molecular formula is C17H23N3O2. The van der Waals surface area contributed by atoms with Crippen LogP contribution >= 0.6 is 0 Å². The number of carbonyl (C=O) groups is 2. The van der Waals surface area contributed by atoms with Gasteiger partial charge < -0.3 is 9.80 Å². The zero-order valence-electron chi connectivity index (χ0n) is 12.9. The first-order valence-electron chi connectivity index (χ1n) is 8.23. The van der Waals surface area contributed by atoms with E-state index in [2.05, 4.69) is 4.98 Å². The van der Waals surface area contributed by atoms with E-state index in [0.717, 1.165) is 50.9 Å². The molecule has 0 N–H and O–H groups in total. The Bertz CT molecular complexity index is 526. The van der Waals surface area contributed by atoms with Gasteiger partial charge in [0.1, 0.15) is 6.04 Å². The van der Waals surface area contributed by atoms with E-state index < -0.39 is 0 Å². The fraction of sp³-hybridized carbons (Fsp3) is 0.588. The third kappa shape index (κ3) is 3.29. The molecule has 2 saturated heterocycles. The molecule has 2 aliphatic heterocycles. The number of rotatable bonds is 4. The summed E-state index contributed by atoms with van der Waals surface area (Å²) in [6, 6.07) is 3.64. The van der Waals surface area contributed by atoms with Gasteiger partial charge in [0.15, 0.2) is 0 Å². The lowest BCUT2D eigenvalue weighted by Gasteiger charge is -2.27. The molecular weight excluding hydrogens is 278 g/mol. The average molecular weight is 301 g/mol. The van der Waals surface area contributed by atoms with Crippen LogP contribution in [0.2, 0.25) is 0 Å². The second-order valence-corrected chi connectivity index (χ2v) is 6.14. The van der Waals surface area contributed by atoms with Gasteiger partial charge in [0.2, 0.25) is 11.8 Å². The van der Waals surface area contributed by atoms with Crippen molar-refractivity contribution in [1.82, 2.24) is 14.8 Å². The summed E-state index contributed by atoms with van der Waals surface area (Å²) in [5, 5.41) is 0. The molecule has 3 heterocycles. The summed E-state index contributed by atoms with van der Waals surface area (Å²) in [5.74, 6) is 0.253. The van der Waals surface area contributed by atoms with Crippen LogP contribution in [-0.4, -0.2) is 52.3 Å². The van der Waals surface area contributed by atoms with E-state index in [0.29, 0.717) is 12.8 Å².